The molecular weight excluding hydrogens is 293 g/mol. The van der Waals surface area contributed by atoms with E-state index in [2.05, 4.69) is 17.7 Å². The smallest absolute Gasteiger partial charge is 0.335 e. The third-order valence-corrected chi connectivity index (χ3v) is 3.44. The van der Waals surface area contributed by atoms with Crippen molar-refractivity contribution in [3.05, 3.63) is 25.3 Å². The van der Waals surface area contributed by atoms with Gasteiger partial charge < -0.3 is 14.7 Å². The highest BCUT2D eigenvalue weighted by atomic mass is 31.2. The summed E-state index contributed by atoms with van der Waals surface area (Å²) in [6, 6.07) is 0. The van der Waals surface area contributed by atoms with Gasteiger partial charge in [-0.25, -0.2) is 4.57 Å². The summed E-state index contributed by atoms with van der Waals surface area (Å²) in [7, 11) is -4.32. The number of carbonyl (C=O) groups excluding carboxylic acids is 1. The SMILES string of the molecule is C=CCN(CCCCCCCCOP(=O)(O)O)C(=O)C=C. The Bertz CT molecular complexity index is 366. The van der Waals surface area contributed by atoms with Crippen molar-refractivity contribution in [3.63, 3.8) is 0 Å². The van der Waals surface area contributed by atoms with Gasteiger partial charge in [0.15, 0.2) is 0 Å². The molecule has 0 spiro atoms. The molecule has 0 fully saturated rings. The maximum Gasteiger partial charge on any atom is 0.469 e. The van der Waals surface area contributed by atoms with Crippen LogP contribution in [0.15, 0.2) is 25.3 Å². The van der Waals surface area contributed by atoms with E-state index < -0.39 is 7.82 Å². The number of phosphoric ester groups is 1. The van der Waals surface area contributed by atoms with E-state index in [0.717, 1.165) is 32.1 Å². The zero-order valence-electron chi connectivity index (χ0n) is 12.4. The molecule has 0 atom stereocenters. The van der Waals surface area contributed by atoms with Crippen molar-refractivity contribution in [1.82, 2.24) is 4.90 Å². The van der Waals surface area contributed by atoms with E-state index in [9.17, 15) is 9.36 Å². The molecule has 0 rings (SSSR count). The van der Waals surface area contributed by atoms with E-state index in [1.807, 2.05) is 0 Å². The Balaban J connectivity index is 3.54. The number of phosphoric acid groups is 1. The van der Waals surface area contributed by atoms with Crippen LogP contribution in [0.3, 0.4) is 0 Å². The van der Waals surface area contributed by atoms with Crippen LogP contribution in [0.2, 0.25) is 0 Å². The van der Waals surface area contributed by atoms with E-state index in [1.54, 1.807) is 11.0 Å². The molecule has 7 heteroatoms. The number of carbonyl (C=O) groups is 1. The second-order valence-corrected chi connectivity index (χ2v) is 5.96. The molecule has 0 unspecified atom stereocenters. The van der Waals surface area contributed by atoms with E-state index in [-0.39, 0.29) is 12.5 Å². The van der Waals surface area contributed by atoms with Crippen molar-refractivity contribution in [2.45, 2.75) is 38.5 Å². The average molecular weight is 319 g/mol. The molecule has 0 heterocycles. The lowest BCUT2D eigenvalue weighted by Gasteiger charge is -2.19. The van der Waals surface area contributed by atoms with Gasteiger partial charge in [-0.1, -0.05) is 38.3 Å². The van der Waals surface area contributed by atoms with Crippen LogP contribution in [0.25, 0.3) is 0 Å². The largest absolute Gasteiger partial charge is 0.469 e. The van der Waals surface area contributed by atoms with E-state index >= 15 is 0 Å². The lowest BCUT2D eigenvalue weighted by atomic mass is 10.1. The molecule has 6 nitrogen and oxygen atoms in total. The highest BCUT2D eigenvalue weighted by molar-refractivity contribution is 7.46. The first-order chi connectivity index (χ1) is 9.90. The summed E-state index contributed by atoms with van der Waals surface area (Å²) in [6.07, 6.45) is 8.48. The van der Waals surface area contributed by atoms with Crippen LogP contribution in [0.1, 0.15) is 38.5 Å². The summed E-state index contributed by atoms with van der Waals surface area (Å²) in [5, 5.41) is 0. The first-order valence-electron chi connectivity index (χ1n) is 7.13. The highest BCUT2D eigenvalue weighted by Gasteiger charge is 2.12. The summed E-state index contributed by atoms with van der Waals surface area (Å²) >= 11 is 0. The van der Waals surface area contributed by atoms with Crippen LogP contribution in [-0.4, -0.2) is 40.3 Å². The zero-order chi connectivity index (χ0) is 16.1. The maximum absolute atomic E-state index is 11.5. The number of amides is 1. The van der Waals surface area contributed by atoms with Gasteiger partial charge in [-0.3, -0.25) is 9.32 Å². The standard InChI is InChI=1S/C14H26NO5P/c1-3-11-15(14(16)4-2)12-9-7-5-6-8-10-13-20-21(17,18)19/h3-4H,1-2,5-13H2,(H2,17,18,19). The van der Waals surface area contributed by atoms with Crippen molar-refractivity contribution < 1.29 is 23.7 Å². The van der Waals surface area contributed by atoms with Gasteiger partial charge in [-0.05, 0) is 18.9 Å². The Labute approximate surface area is 126 Å². The number of rotatable bonds is 13. The van der Waals surface area contributed by atoms with Crippen molar-refractivity contribution >= 4 is 13.7 Å². The molecule has 0 aromatic carbocycles. The first-order valence-corrected chi connectivity index (χ1v) is 8.66. The Morgan fingerprint density at radius 1 is 1.10 bits per heavy atom. The number of unbranched alkanes of at least 4 members (excludes halogenated alkanes) is 5. The first kappa shape index (κ1) is 20.1. The van der Waals surface area contributed by atoms with Gasteiger partial charge in [0.05, 0.1) is 6.61 Å². The molecule has 0 aromatic rings. The van der Waals surface area contributed by atoms with Gasteiger partial charge in [0, 0.05) is 13.1 Å². The normalized spacial score (nSPS) is 11.1. The molecule has 0 radical (unpaired) electrons. The topological polar surface area (TPSA) is 87.1 Å². The lowest BCUT2D eigenvalue weighted by Crippen LogP contribution is -2.30. The van der Waals surface area contributed by atoms with Gasteiger partial charge in [0.2, 0.25) is 5.91 Å². The van der Waals surface area contributed by atoms with Crippen LogP contribution in [0.5, 0.6) is 0 Å². The fourth-order valence-electron chi connectivity index (χ4n) is 1.87. The summed E-state index contributed by atoms with van der Waals surface area (Å²) in [4.78, 5) is 30.2. The lowest BCUT2D eigenvalue weighted by molar-refractivity contribution is -0.125. The number of hydrogen-bond acceptors (Lipinski definition) is 3. The van der Waals surface area contributed by atoms with Crippen molar-refractivity contribution in [2.75, 3.05) is 19.7 Å². The maximum atomic E-state index is 11.5. The van der Waals surface area contributed by atoms with Gasteiger partial charge in [-0.2, -0.15) is 0 Å². The fourth-order valence-corrected chi connectivity index (χ4v) is 2.24. The third kappa shape index (κ3) is 12.5. The Kier molecular flexibility index (Phi) is 11.2. The minimum Gasteiger partial charge on any atom is -0.335 e. The van der Waals surface area contributed by atoms with E-state index in [0.29, 0.717) is 19.5 Å². The van der Waals surface area contributed by atoms with Crippen molar-refractivity contribution in [3.8, 4) is 0 Å². The second kappa shape index (κ2) is 11.7. The molecule has 2 N–H and O–H groups in total. The molecule has 0 aromatic heterocycles. The Morgan fingerprint density at radius 2 is 1.67 bits per heavy atom. The third-order valence-electron chi connectivity index (χ3n) is 2.92. The van der Waals surface area contributed by atoms with Crippen LogP contribution in [0, 0.1) is 0 Å². The molecular formula is C14H26NO5P. The summed E-state index contributed by atoms with van der Waals surface area (Å²) in [5.41, 5.74) is 0. The summed E-state index contributed by atoms with van der Waals surface area (Å²) in [6.45, 7) is 8.41. The van der Waals surface area contributed by atoms with Crippen LogP contribution < -0.4 is 0 Å². The van der Waals surface area contributed by atoms with E-state index in [1.165, 1.54) is 6.08 Å². The Morgan fingerprint density at radius 3 is 2.19 bits per heavy atom. The van der Waals surface area contributed by atoms with Gasteiger partial charge in [0.25, 0.3) is 0 Å². The van der Waals surface area contributed by atoms with E-state index in [4.69, 9.17) is 9.79 Å². The summed E-state index contributed by atoms with van der Waals surface area (Å²) < 4.78 is 14.8. The molecule has 0 aliphatic carbocycles. The second-order valence-electron chi connectivity index (χ2n) is 4.72. The van der Waals surface area contributed by atoms with Crippen LogP contribution in [0.4, 0.5) is 0 Å². The molecule has 0 bridgehead atoms. The zero-order valence-corrected chi connectivity index (χ0v) is 13.3. The summed E-state index contributed by atoms with van der Waals surface area (Å²) in [5.74, 6) is -0.0792. The van der Waals surface area contributed by atoms with Crippen LogP contribution >= 0.6 is 7.82 Å². The number of nitrogens with zero attached hydrogens (tertiary/aromatic N) is 1. The monoisotopic (exact) mass is 319 g/mol. The van der Waals surface area contributed by atoms with Gasteiger partial charge in [-0.15, -0.1) is 6.58 Å². The average Bonchev–Trinajstić information content (AvgIpc) is 2.42. The highest BCUT2D eigenvalue weighted by Crippen LogP contribution is 2.35. The molecule has 1 amide bonds. The minimum absolute atomic E-state index is 0.0792. The molecule has 0 saturated carbocycles. The van der Waals surface area contributed by atoms with Crippen LogP contribution in [-0.2, 0) is 13.9 Å². The quantitative estimate of drug-likeness (QED) is 0.236. The predicted octanol–water partition coefficient (Wildman–Crippen LogP) is 2.64. The van der Waals surface area contributed by atoms with Crippen molar-refractivity contribution in [2.24, 2.45) is 0 Å². The molecule has 21 heavy (non-hydrogen) atoms. The fraction of sp³-hybridized carbons (Fsp3) is 0.643. The minimum atomic E-state index is -4.32. The predicted molar refractivity (Wildman–Crippen MR) is 82.7 cm³/mol. The van der Waals surface area contributed by atoms with Gasteiger partial charge in [0.1, 0.15) is 0 Å². The molecule has 122 valence electrons. The number of hydrogen-bond donors (Lipinski definition) is 2. The molecule has 0 aliphatic rings. The van der Waals surface area contributed by atoms with Crippen molar-refractivity contribution in [1.29, 1.82) is 0 Å². The molecule has 0 aliphatic heterocycles. The Hall–Kier alpha value is -0.940. The molecule has 0 saturated heterocycles. The van der Waals surface area contributed by atoms with Gasteiger partial charge >= 0.3 is 7.82 Å².